The molecule has 3 heteroatoms. The zero-order chi connectivity index (χ0) is 22.3. The second-order valence-electron chi connectivity index (χ2n) is 9.89. The van der Waals surface area contributed by atoms with Crippen molar-refractivity contribution in [3.63, 3.8) is 0 Å². The summed E-state index contributed by atoms with van der Waals surface area (Å²) in [5.41, 5.74) is 8.91. The Labute approximate surface area is 195 Å². The molecule has 0 radical (unpaired) electrons. The van der Waals surface area contributed by atoms with E-state index in [2.05, 4.69) is 116 Å². The molecule has 0 bridgehead atoms. The monoisotopic (exact) mass is 546 g/mol. The Morgan fingerprint density at radius 1 is 0.567 bits per heavy atom. The fourth-order valence-corrected chi connectivity index (χ4v) is 40.4. The molecule has 0 aromatic heterocycles. The van der Waals surface area contributed by atoms with Gasteiger partial charge >= 0.3 is 196 Å². The van der Waals surface area contributed by atoms with Crippen molar-refractivity contribution < 1.29 is 0 Å². The summed E-state index contributed by atoms with van der Waals surface area (Å²) in [5.74, 6) is 0. The van der Waals surface area contributed by atoms with Crippen LogP contribution in [0.1, 0.15) is 33.4 Å². The summed E-state index contributed by atoms with van der Waals surface area (Å²) in [6, 6.07) is 21.2. The van der Waals surface area contributed by atoms with Crippen LogP contribution in [0.3, 0.4) is 0 Å². The first kappa shape index (κ1) is 23.5. The third kappa shape index (κ3) is 4.28. The molecule has 0 heterocycles. The molecule has 3 rings (SSSR count). The van der Waals surface area contributed by atoms with Crippen molar-refractivity contribution in [3.05, 3.63) is 88.0 Å². The molecule has 0 amide bonds. The Balaban J connectivity index is 2.50. The molecule has 0 unspecified atom stereocenters. The number of hydrogen-bond donors (Lipinski definition) is 0. The fourth-order valence-electron chi connectivity index (χ4n) is 5.27. The molecule has 0 saturated carbocycles. The van der Waals surface area contributed by atoms with E-state index in [1.165, 1.54) is 33.4 Å². The molecule has 0 N–H and O–H groups in total. The summed E-state index contributed by atoms with van der Waals surface area (Å²) in [6.07, 6.45) is 0. The molecule has 3 aromatic carbocycles. The van der Waals surface area contributed by atoms with Crippen LogP contribution < -0.4 is 14.0 Å². The van der Waals surface area contributed by atoms with Crippen LogP contribution in [0.15, 0.2) is 54.6 Å². The van der Waals surface area contributed by atoms with Crippen LogP contribution >= 0.6 is 0 Å². The zero-order valence-corrected chi connectivity index (χ0v) is 24.4. The number of aryl methyl sites for hydroxylation is 6. The SMILES string of the molecule is Cc1cc(C)c([Si]([Te]c2ccccc2)(c2c(C)cc(C)cc2C)[Si](C)(C)C)c(C)c1. The standard InChI is InChI=1S/C27H36Si2Te/c1-19-15-21(3)26(22(4)16-19)29(28(7,8)9,30-25-13-11-10-12-14-25)27-23(5)17-20(2)18-24(27)6/h10-18H,1-9H3. The summed E-state index contributed by atoms with van der Waals surface area (Å²) in [4.78, 5) is 0. The Morgan fingerprint density at radius 3 is 1.27 bits per heavy atom. The van der Waals surface area contributed by atoms with Crippen LogP contribution in [0, 0.1) is 41.5 Å². The van der Waals surface area contributed by atoms with Crippen LogP contribution in [0.2, 0.25) is 19.6 Å². The van der Waals surface area contributed by atoms with Crippen LogP contribution in [0.4, 0.5) is 0 Å². The van der Waals surface area contributed by atoms with E-state index in [0.717, 1.165) is 0 Å². The molecule has 0 aliphatic heterocycles. The predicted octanol–water partition coefficient (Wildman–Crippen LogP) is 5.04. The average Bonchev–Trinajstić information content (AvgIpc) is 2.59. The first-order chi connectivity index (χ1) is 14.0. The molecule has 0 fully saturated rings. The van der Waals surface area contributed by atoms with Crippen LogP contribution in [0.5, 0.6) is 0 Å². The molecule has 0 spiro atoms. The first-order valence-corrected chi connectivity index (χ1v) is 21.9. The molecule has 0 atom stereocenters. The molecule has 158 valence electrons. The molecule has 3 aromatic rings. The van der Waals surface area contributed by atoms with Crippen LogP contribution in [0.25, 0.3) is 0 Å². The van der Waals surface area contributed by atoms with Gasteiger partial charge in [-0.1, -0.05) is 0 Å². The van der Waals surface area contributed by atoms with Gasteiger partial charge in [-0.25, -0.2) is 0 Å². The van der Waals surface area contributed by atoms with Crippen molar-refractivity contribution in [1.82, 2.24) is 0 Å². The predicted molar refractivity (Wildman–Crippen MR) is 142 cm³/mol. The van der Waals surface area contributed by atoms with Gasteiger partial charge in [0.05, 0.1) is 0 Å². The van der Waals surface area contributed by atoms with E-state index in [-0.39, 0.29) is 0 Å². The van der Waals surface area contributed by atoms with Gasteiger partial charge in [0.1, 0.15) is 0 Å². The summed E-state index contributed by atoms with van der Waals surface area (Å²) in [6.45, 7) is 22.0. The topological polar surface area (TPSA) is 0 Å². The molecule has 0 aliphatic rings. The number of rotatable bonds is 5. The fraction of sp³-hybridized carbons (Fsp3) is 0.333. The van der Waals surface area contributed by atoms with E-state index in [9.17, 15) is 0 Å². The molecule has 30 heavy (non-hydrogen) atoms. The van der Waals surface area contributed by atoms with Gasteiger partial charge in [-0.15, -0.1) is 0 Å². The van der Waals surface area contributed by atoms with Crippen molar-refractivity contribution in [2.45, 2.75) is 61.2 Å². The number of hydrogen-bond acceptors (Lipinski definition) is 0. The van der Waals surface area contributed by atoms with Crippen molar-refractivity contribution in [3.8, 4) is 0 Å². The van der Waals surface area contributed by atoms with Crippen molar-refractivity contribution in [1.29, 1.82) is 0 Å². The Morgan fingerprint density at radius 2 is 0.933 bits per heavy atom. The molecule has 0 saturated heterocycles. The maximum atomic E-state index is 2.66. The van der Waals surface area contributed by atoms with E-state index >= 15 is 0 Å². The van der Waals surface area contributed by atoms with Gasteiger partial charge in [-0.2, -0.15) is 0 Å². The third-order valence-corrected chi connectivity index (χ3v) is 46.3. The average molecular weight is 544 g/mol. The Bertz CT molecular complexity index is 958. The van der Waals surface area contributed by atoms with Gasteiger partial charge in [-0.05, 0) is 0 Å². The molecule has 0 nitrogen and oxygen atoms in total. The summed E-state index contributed by atoms with van der Waals surface area (Å²) in [5, 5.41) is 1.57. The zero-order valence-electron chi connectivity index (χ0n) is 20.1. The normalized spacial score (nSPS) is 12.3. The molecular formula is C27H36Si2Te. The van der Waals surface area contributed by atoms with Crippen LogP contribution in [-0.2, 0) is 0 Å². The van der Waals surface area contributed by atoms with Crippen molar-refractivity contribution in [2.24, 2.45) is 0 Å². The third-order valence-electron chi connectivity index (χ3n) is 6.13. The maximum absolute atomic E-state index is 2.66. The summed E-state index contributed by atoms with van der Waals surface area (Å²) < 4.78 is 1.62. The van der Waals surface area contributed by atoms with Gasteiger partial charge in [0.25, 0.3) is 0 Å². The van der Waals surface area contributed by atoms with Crippen LogP contribution in [-0.4, -0.2) is 32.9 Å². The van der Waals surface area contributed by atoms with E-state index in [4.69, 9.17) is 0 Å². The summed E-state index contributed by atoms with van der Waals surface area (Å²) in [7, 11) is -1.57. The van der Waals surface area contributed by atoms with Gasteiger partial charge in [0.15, 0.2) is 0 Å². The molecule has 0 aliphatic carbocycles. The minimum atomic E-state index is -1.95. The van der Waals surface area contributed by atoms with E-state index in [1.54, 1.807) is 14.0 Å². The summed E-state index contributed by atoms with van der Waals surface area (Å²) >= 11 is -0.405. The second kappa shape index (κ2) is 8.79. The minimum absolute atomic E-state index is 0.405. The Kier molecular flexibility index (Phi) is 6.90. The quantitative estimate of drug-likeness (QED) is 0.395. The second-order valence-corrected chi connectivity index (χ2v) is 35.4. The molecular weight excluding hydrogens is 508 g/mol. The van der Waals surface area contributed by atoms with E-state index in [1.807, 2.05) is 0 Å². The Hall–Kier alpha value is -1.12. The van der Waals surface area contributed by atoms with Crippen molar-refractivity contribution in [2.75, 3.05) is 0 Å². The number of benzene rings is 3. The van der Waals surface area contributed by atoms with Gasteiger partial charge in [0.2, 0.25) is 0 Å². The van der Waals surface area contributed by atoms with Gasteiger partial charge in [0, 0.05) is 0 Å². The van der Waals surface area contributed by atoms with E-state index < -0.39 is 32.9 Å². The van der Waals surface area contributed by atoms with Gasteiger partial charge in [-0.3, -0.25) is 0 Å². The van der Waals surface area contributed by atoms with Crippen molar-refractivity contribution >= 4 is 46.9 Å². The first-order valence-electron chi connectivity index (χ1n) is 10.9. The van der Waals surface area contributed by atoms with E-state index in [0.29, 0.717) is 0 Å². The van der Waals surface area contributed by atoms with Gasteiger partial charge < -0.3 is 0 Å².